The van der Waals surface area contributed by atoms with Gasteiger partial charge in [-0.25, -0.2) is 0 Å². The predicted octanol–water partition coefficient (Wildman–Crippen LogP) is 2.00. The molecule has 0 N–H and O–H groups in total. The van der Waals surface area contributed by atoms with E-state index in [9.17, 15) is 8.42 Å². The average Bonchev–Trinajstić information content (AvgIpc) is 2.66. The van der Waals surface area contributed by atoms with Gasteiger partial charge in [-0.3, -0.25) is 0 Å². The van der Waals surface area contributed by atoms with E-state index in [4.69, 9.17) is 0 Å². The molecule has 0 radical (unpaired) electrons. The van der Waals surface area contributed by atoms with Crippen molar-refractivity contribution in [3.8, 4) is 0 Å². The van der Waals surface area contributed by atoms with Crippen molar-refractivity contribution in [1.29, 1.82) is 0 Å². The highest BCUT2D eigenvalue weighted by Crippen LogP contribution is 2.19. The lowest BCUT2D eigenvalue weighted by Gasteiger charge is -2.19. The Labute approximate surface area is 130 Å². The van der Waals surface area contributed by atoms with Crippen LogP contribution in [-0.4, -0.2) is 44.7 Å². The fourth-order valence-electron chi connectivity index (χ4n) is 2.57. The van der Waals surface area contributed by atoms with Gasteiger partial charge in [-0.1, -0.05) is 56.0 Å². The van der Waals surface area contributed by atoms with E-state index in [1.54, 1.807) is 8.61 Å². The Bertz CT molecular complexity index is 579. The first kappa shape index (κ1) is 16.7. The van der Waals surface area contributed by atoms with Crippen molar-refractivity contribution < 1.29 is 8.42 Å². The Hall–Kier alpha value is -0.693. The average molecular weight is 327 g/mol. The lowest BCUT2D eigenvalue weighted by Crippen LogP contribution is -2.37. The van der Waals surface area contributed by atoms with Crippen LogP contribution in [0.5, 0.6) is 0 Å². The van der Waals surface area contributed by atoms with Gasteiger partial charge in [0, 0.05) is 26.2 Å². The van der Waals surface area contributed by atoms with Gasteiger partial charge in [-0.2, -0.15) is 17.0 Å². The molecule has 1 aliphatic rings. The summed E-state index contributed by atoms with van der Waals surface area (Å²) in [4.78, 5) is 0. The normalized spacial score (nSPS) is 20.0. The molecule has 0 aromatic heterocycles. The molecular weight excluding hydrogens is 300 g/mol. The van der Waals surface area contributed by atoms with Crippen LogP contribution in [0, 0.1) is 0 Å². The van der Waals surface area contributed by atoms with Gasteiger partial charge >= 0.3 is 0 Å². The van der Waals surface area contributed by atoms with E-state index in [-0.39, 0.29) is 0 Å². The van der Waals surface area contributed by atoms with Crippen LogP contribution in [0.4, 0.5) is 0 Å². The third-order valence-electron chi connectivity index (χ3n) is 3.90. The standard InChI is InChI=1S/C15H26N2O2SSi/c1-5-10-16-11-12-17(20(16,18)19)13-14-6-8-15(9-7-14)21(2,3)4/h6-9H,5,10-13H2,1-4H3. The van der Waals surface area contributed by atoms with Gasteiger partial charge in [0.25, 0.3) is 10.2 Å². The maximum Gasteiger partial charge on any atom is 0.282 e. The topological polar surface area (TPSA) is 40.6 Å². The fourth-order valence-corrected chi connectivity index (χ4v) is 5.41. The Morgan fingerprint density at radius 1 is 1.05 bits per heavy atom. The summed E-state index contributed by atoms with van der Waals surface area (Å²) in [5.41, 5.74) is 1.07. The van der Waals surface area contributed by atoms with Gasteiger partial charge in [-0.15, -0.1) is 0 Å². The summed E-state index contributed by atoms with van der Waals surface area (Å²) >= 11 is 0. The van der Waals surface area contributed by atoms with Crippen LogP contribution in [-0.2, 0) is 16.8 Å². The van der Waals surface area contributed by atoms with Gasteiger partial charge in [0.15, 0.2) is 0 Å². The van der Waals surface area contributed by atoms with Crippen LogP contribution in [0.3, 0.4) is 0 Å². The van der Waals surface area contributed by atoms with Crippen molar-refractivity contribution in [1.82, 2.24) is 8.61 Å². The second-order valence-corrected chi connectivity index (χ2v) is 13.7. The maximum atomic E-state index is 12.4. The molecule has 2 rings (SSSR count). The zero-order valence-electron chi connectivity index (χ0n) is 13.5. The molecule has 0 saturated carbocycles. The summed E-state index contributed by atoms with van der Waals surface area (Å²) in [6.45, 7) is 11.3. The summed E-state index contributed by atoms with van der Waals surface area (Å²) in [6, 6.07) is 8.47. The lowest BCUT2D eigenvalue weighted by molar-refractivity contribution is 0.439. The number of rotatable bonds is 5. The van der Waals surface area contributed by atoms with Crippen LogP contribution in [0.1, 0.15) is 18.9 Å². The Morgan fingerprint density at radius 2 is 1.62 bits per heavy atom. The van der Waals surface area contributed by atoms with Crippen LogP contribution >= 0.6 is 0 Å². The van der Waals surface area contributed by atoms with Gasteiger partial charge in [0.2, 0.25) is 0 Å². The number of hydrogen-bond acceptors (Lipinski definition) is 2. The van der Waals surface area contributed by atoms with E-state index < -0.39 is 18.3 Å². The predicted molar refractivity (Wildman–Crippen MR) is 90.6 cm³/mol. The van der Waals surface area contributed by atoms with Crippen molar-refractivity contribution in [2.45, 2.75) is 39.5 Å². The smallest absolute Gasteiger partial charge is 0.195 e. The van der Waals surface area contributed by atoms with Crippen molar-refractivity contribution >= 4 is 23.5 Å². The molecule has 1 heterocycles. The first-order valence-corrected chi connectivity index (χ1v) is 12.5. The van der Waals surface area contributed by atoms with Crippen molar-refractivity contribution in [3.05, 3.63) is 29.8 Å². The first-order chi connectivity index (χ1) is 9.75. The molecule has 0 spiro atoms. The molecule has 0 atom stereocenters. The summed E-state index contributed by atoms with van der Waals surface area (Å²) < 4.78 is 27.9. The summed E-state index contributed by atoms with van der Waals surface area (Å²) in [6.07, 6.45) is 0.859. The first-order valence-electron chi connectivity index (χ1n) is 7.60. The third-order valence-corrected chi connectivity index (χ3v) is 7.95. The molecule has 0 unspecified atom stereocenters. The van der Waals surface area contributed by atoms with Crippen molar-refractivity contribution in [2.75, 3.05) is 19.6 Å². The molecule has 0 bridgehead atoms. The monoisotopic (exact) mass is 326 g/mol. The van der Waals surface area contributed by atoms with E-state index in [0.717, 1.165) is 12.0 Å². The van der Waals surface area contributed by atoms with Crippen LogP contribution < -0.4 is 5.19 Å². The lowest BCUT2D eigenvalue weighted by atomic mass is 10.2. The fraction of sp³-hybridized carbons (Fsp3) is 0.600. The molecule has 1 saturated heterocycles. The minimum absolute atomic E-state index is 0.481. The van der Waals surface area contributed by atoms with E-state index in [1.165, 1.54) is 5.19 Å². The largest absolute Gasteiger partial charge is 0.282 e. The van der Waals surface area contributed by atoms with Crippen LogP contribution in [0.2, 0.25) is 19.6 Å². The van der Waals surface area contributed by atoms with Gasteiger partial charge in [0.05, 0.1) is 8.07 Å². The van der Waals surface area contributed by atoms with Crippen molar-refractivity contribution in [2.24, 2.45) is 0 Å². The Kier molecular flexibility index (Phi) is 4.92. The second-order valence-electron chi connectivity index (χ2n) is 6.69. The van der Waals surface area contributed by atoms with E-state index >= 15 is 0 Å². The minimum Gasteiger partial charge on any atom is -0.195 e. The van der Waals surface area contributed by atoms with Crippen molar-refractivity contribution in [3.63, 3.8) is 0 Å². The molecular formula is C15H26N2O2SSi. The zero-order valence-corrected chi connectivity index (χ0v) is 15.3. The molecule has 1 aliphatic heterocycles. The van der Waals surface area contributed by atoms with Crippen LogP contribution in [0.15, 0.2) is 24.3 Å². The number of hydrogen-bond donors (Lipinski definition) is 0. The quantitative estimate of drug-likeness (QED) is 0.777. The molecule has 1 aromatic carbocycles. The summed E-state index contributed by atoms with van der Waals surface area (Å²) in [5.74, 6) is 0. The maximum absolute atomic E-state index is 12.4. The molecule has 1 aromatic rings. The van der Waals surface area contributed by atoms with Gasteiger partial charge in [-0.05, 0) is 12.0 Å². The zero-order chi connectivity index (χ0) is 15.7. The third kappa shape index (κ3) is 3.74. The molecule has 4 nitrogen and oxygen atoms in total. The Balaban J connectivity index is 2.09. The molecule has 0 amide bonds. The SMILES string of the molecule is CCCN1CCN(Cc2ccc([Si](C)(C)C)cc2)S1(=O)=O. The van der Waals surface area contributed by atoms with Crippen LogP contribution in [0.25, 0.3) is 0 Å². The number of benzene rings is 1. The highest BCUT2D eigenvalue weighted by Gasteiger charge is 2.35. The highest BCUT2D eigenvalue weighted by molar-refractivity contribution is 7.87. The van der Waals surface area contributed by atoms with E-state index in [1.807, 2.05) is 6.92 Å². The molecule has 1 fully saturated rings. The summed E-state index contributed by atoms with van der Waals surface area (Å²) in [5, 5.41) is 1.41. The van der Waals surface area contributed by atoms with E-state index in [2.05, 4.69) is 43.9 Å². The van der Waals surface area contributed by atoms with Gasteiger partial charge in [0.1, 0.15) is 0 Å². The van der Waals surface area contributed by atoms with E-state index in [0.29, 0.717) is 26.2 Å². The summed E-state index contributed by atoms with van der Waals surface area (Å²) in [7, 11) is -4.54. The highest BCUT2D eigenvalue weighted by atomic mass is 32.2. The second kappa shape index (κ2) is 6.20. The molecule has 0 aliphatic carbocycles. The number of nitrogens with zero attached hydrogens (tertiary/aromatic N) is 2. The Morgan fingerprint density at radius 3 is 2.14 bits per heavy atom. The molecule has 6 heteroatoms. The molecule has 118 valence electrons. The minimum atomic E-state index is -3.25. The molecule has 21 heavy (non-hydrogen) atoms. The van der Waals surface area contributed by atoms with Gasteiger partial charge < -0.3 is 0 Å².